The van der Waals surface area contributed by atoms with Crippen LogP contribution < -0.4 is 27.0 Å². The Kier molecular flexibility index (Phi) is 17.4. The minimum atomic E-state index is -1.06. The van der Waals surface area contributed by atoms with Crippen LogP contribution in [0.15, 0.2) is 158 Å². The number of Topliss-reactive ketones (excluding diaryl/α,β-unsaturated/α-hetero) is 2. The molecular formula is C61H64FN5O5. The molecular weight excluding hydrogens is 902 g/mol. The van der Waals surface area contributed by atoms with E-state index in [9.17, 15) is 23.6 Å². The highest BCUT2D eigenvalue weighted by molar-refractivity contribution is 5.97. The van der Waals surface area contributed by atoms with Gasteiger partial charge in [0.25, 0.3) is 0 Å². The zero-order valence-corrected chi connectivity index (χ0v) is 40.7. The van der Waals surface area contributed by atoms with Crippen molar-refractivity contribution in [1.82, 2.24) is 21.3 Å². The number of rotatable bonds is 24. The van der Waals surface area contributed by atoms with Crippen molar-refractivity contribution >= 4 is 67.3 Å². The number of hydrogen-bond acceptors (Lipinski definition) is 7. The maximum atomic E-state index is 15.1. The molecule has 10 nitrogen and oxygen atoms in total. The van der Waals surface area contributed by atoms with E-state index in [2.05, 4.69) is 27.8 Å². The molecule has 7 aromatic rings. The standard InChI is InChI=1S/C61H64FN5O5/c1-40(43-24-26-53(62)27-25-43)65-30-9-8-16-51(59(63)70)38-57(68)56(37-50-18-10-17-46-13-6-7-19-54(46)50)67-61(72)52(35-41-20-22-44-11-2-4-14-48(44)33-41)39-58(69)55(66-60(71)47-28-31-64-32-29-47)36-42-21-23-45-12-3-5-15-49(45)34-42/h2-7,10-15,17-27,33-34,47,51-52,55-56,64-65H,1,8-9,16,28-32,35-39H2,(H2,63,70)(H,66,71)(H,67,72)/t51-,52+,55-,56+/m1/s1. The number of nitrogens with two attached hydrogens (primary N) is 1. The van der Waals surface area contributed by atoms with Crippen LogP contribution >= 0.6 is 0 Å². The molecule has 0 saturated carbocycles. The van der Waals surface area contributed by atoms with Crippen molar-refractivity contribution in [2.75, 3.05) is 19.6 Å². The molecule has 11 heteroatoms. The van der Waals surface area contributed by atoms with Crippen LogP contribution in [0.5, 0.6) is 0 Å². The summed E-state index contributed by atoms with van der Waals surface area (Å²) in [6, 6.07) is 45.7. The molecule has 4 atom stereocenters. The highest BCUT2D eigenvalue weighted by Gasteiger charge is 2.34. The first-order chi connectivity index (χ1) is 35.0. The van der Waals surface area contributed by atoms with Gasteiger partial charge in [-0.1, -0.05) is 153 Å². The van der Waals surface area contributed by atoms with Crippen LogP contribution in [0.1, 0.15) is 67.2 Å². The lowest BCUT2D eigenvalue weighted by Gasteiger charge is -2.27. The third-order valence-electron chi connectivity index (χ3n) is 14.2. The molecule has 370 valence electrons. The Hall–Kier alpha value is -7.50. The molecule has 3 amide bonds. The predicted octanol–water partition coefficient (Wildman–Crippen LogP) is 9.35. The van der Waals surface area contributed by atoms with Crippen LogP contribution in [0.3, 0.4) is 0 Å². The lowest BCUT2D eigenvalue weighted by atomic mass is 9.87. The van der Waals surface area contributed by atoms with Gasteiger partial charge in [0.15, 0.2) is 11.6 Å². The Morgan fingerprint density at radius 2 is 1.18 bits per heavy atom. The maximum Gasteiger partial charge on any atom is 0.224 e. The first-order valence-electron chi connectivity index (χ1n) is 25.2. The fourth-order valence-corrected chi connectivity index (χ4v) is 9.98. The summed E-state index contributed by atoms with van der Waals surface area (Å²) >= 11 is 0. The fraction of sp³-hybridized carbons (Fsp3) is 0.295. The van der Waals surface area contributed by atoms with Gasteiger partial charge < -0.3 is 27.0 Å². The number of benzene rings is 7. The van der Waals surface area contributed by atoms with Crippen LogP contribution in [0.2, 0.25) is 0 Å². The fourth-order valence-electron chi connectivity index (χ4n) is 9.98. The van der Waals surface area contributed by atoms with Crippen molar-refractivity contribution in [3.63, 3.8) is 0 Å². The number of halogens is 1. The SMILES string of the molecule is C=C(NCCCC[C@H](CC(=O)[C@H](Cc1cccc2ccccc12)NC(=O)[C@H](CC(=O)[C@@H](Cc1ccc2ccccc2c1)NC(=O)C1CCNCC1)Cc1ccc2ccccc2c1)C(N)=O)c1ccc(F)cc1. The summed E-state index contributed by atoms with van der Waals surface area (Å²) in [6.45, 7) is 6.01. The average molecular weight is 966 g/mol. The van der Waals surface area contributed by atoms with Crippen molar-refractivity contribution in [1.29, 1.82) is 0 Å². The molecule has 1 saturated heterocycles. The van der Waals surface area contributed by atoms with Gasteiger partial charge in [0.2, 0.25) is 17.7 Å². The van der Waals surface area contributed by atoms with Gasteiger partial charge in [-0.3, -0.25) is 24.0 Å². The monoisotopic (exact) mass is 965 g/mol. The van der Waals surface area contributed by atoms with Gasteiger partial charge in [-0.15, -0.1) is 0 Å². The molecule has 7 aromatic carbocycles. The van der Waals surface area contributed by atoms with E-state index in [0.717, 1.165) is 54.6 Å². The van der Waals surface area contributed by atoms with E-state index in [0.29, 0.717) is 57.4 Å². The summed E-state index contributed by atoms with van der Waals surface area (Å²) < 4.78 is 13.5. The topological polar surface area (TPSA) is 159 Å². The second-order valence-corrected chi connectivity index (χ2v) is 19.3. The van der Waals surface area contributed by atoms with Gasteiger partial charge in [0, 0.05) is 49.3 Å². The normalized spacial score (nSPS) is 14.5. The number of nitrogens with one attached hydrogen (secondary N) is 4. The van der Waals surface area contributed by atoms with Crippen LogP contribution in [0.25, 0.3) is 38.0 Å². The molecule has 8 rings (SSSR count). The van der Waals surface area contributed by atoms with E-state index in [1.807, 2.05) is 127 Å². The highest BCUT2D eigenvalue weighted by Crippen LogP contribution is 2.26. The van der Waals surface area contributed by atoms with Crippen molar-refractivity contribution < 1.29 is 28.4 Å². The second-order valence-electron chi connectivity index (χ2n) is 19.3. The number of carbonyl (C=O) groups excluding carboxylic acids is 5. The van der Waals surface area contributed by atoms with E-state index in [1.54, 1.807) is 12.1 Å². The quantitative estimate of drug-likeness (QED) is 0.0378. The number of hydrogen-bond donors (Lipinski definition) is 5. The molecule has 1 fully saturated rings. The number of primary amides is 1. The molecule has 0 unspecified atom stereocenters. The van der Waals surface area contributed by atoms with Crippen LogP contribution in [-0.2, 0) is 43.2 Å². The second kappa shape index (κ2) is 24.6. The average Bonchev–Trinajstić information content (AvgIpc) is 3.40. The number of amides is 3. The Labute approximate surface area is 421 Å². The number of piperidine rings is 1. The predicted molar refractivity (Wildman–Crippen MR) is 285 cm³/mol. The van der Waals surface area contributed by atoms with E-state index in [4.69, 9.17) is 5.73 Å². The molecule has 1 aliphatic rings. The smallest absolute Gasteiger partial charge is 0.224 e. The van der Waals surface area contributed by atoms with Gasteiger partial charge >= 0.3 is 0 Å². The van der Waals surface area contributed by atoms with E-state index < -0.39 is 35.7 Å². The molecule has 0 spiro atoms. The largest absolute Gasteiger partial charge is 0.385 e. The maximum absolute atomic E-state index is 15.1. The first-order valence-corrected chi connectivity index (χ1v) is 25.2. The van der Waals surface area contributed by atoms with Crippen molar-refractivity contribution in [2.45, 2.75) is 76.3 Å². The summed E-state index contributed by atoms with van der Waals surface area (Å²) in [6.07, 6.45) is 3.07. The molecule has 0 bridgehead atoms. The molecule has 1 heterocycles. The van der Waals surface area contributed by atoms with Crippen LogP contribution in [0.4, 0.5) is 4.39 Å². The van der Waals surface area contributed by atoms with Gasteiger partial charge in [-0.2, -0.15) is 0 Å². The van der Waals surface area contributed by atoms with E-state index in [-0.39, 0.29) is 61.3 Å². The van der Waals surface area contributed by atoms with Gasteiger partial charge in [0.05, 0.1) is 12.1 Å². The number of fused-ring (bicyclic) bond motifs is 3. The molecule has 0 aliphatic carbocycles. The summed E-state index contributed by atoms with van der Waals surface area (Å²) in [4.78, 5) is 71.7. The Bertz CT molecular complexity index is 3050. The minimum absolute atomic E-state index is 0.139. The van der Waals surface area contributed by atoms with Crippen LogP contribution in [0, 0.1) is 23.6 Å². The lowest BCUT2D eigenvalue weighted by Crippen LogP contribution is -2.49. The number of unbranched alkanes of at least 4 members (excludes halogenated alkanes) is 1. The summed E-state index contributed by atoms with van der Waals surface area (Å²) in [5.74, 6) is -4.19. The van der Waals surface area contributed by atoms with E-state index >= 15 is 4.79 Å². The molecule has 72 heavy (non-hydrogen) atoms. The summed E-state index contributed by atoms with van der Waals surface area (Å²) in [7, 11) is 0. The molecule has 1 aliphatic heterocycles. The molecule has 0 radical (unpaired) electrons. The Morgan fingerprint density at radius 3 is 1.83 bits per heavy atom. The molecule has 6 N–H and O–H groups in total. The number of ketones is 2. The van der Waals surface area contributed by atoms with Gasteiger partial charge in [0.1, 0.15) is 5.82 Å². The number of carbonyl (C=O) groups is 5. The third-order valence-corrected chi connectivity index (χ3v) is 14.2. The van der Waals surface area contributed by atoms with Gasteiger partial charge in [-0.25, -0.2) is 4.39 Å². The Balaban J connectivity index is 1.05. The third kappa shape index (κ3) is 13.7. The molecule has 0 aromatic heterocycles. The van der Waals surface area contributed by atoms with Crippen molar-refractivity contribution in [3.05, 3.63) is 186 Å². The summed E-state index contributed by atoms with van der Waals surface area (Å²) in [5.41, 5.74) is 9.95. The first kappa shape index (κ1) is 50.9. The zero-order chi connectivity index (χ0) is 50.4. The van der Waals surface area contributed by atoms with Crippen molar-refractivity contribution in [2.24, 2.45) is 23.5 Å². The zero-order valence-electron chi connectivity index (χ0n) is 40.7. The van der Waals surface area contributed by atoms with E-state index in [1.165, 1.54) is 12.1 Å². The van der Waals surface area contributed by atoms with Crippen LogP contribution in [-0.4, -0.2) is 61.0 Å². The van der Waals surface area contributed by atoms with Gasteiger partial charge in [-0.05, 0) is 118 Å². The summed E-state index contributed by atoms with van der Waals surface area (Å²) in [5, 5.41) is 18.8. The minimum Gasteiger partial charge on any atom is -0.385 e. The van der Waals surface area contributed by atoms with Crippen molar-refractivity contribution in [3.8, 4) is 0 Å². The lowest BCUT2D eigenvalue weighted by molar-refractivity contribution is -0.134. The highest BCUT2D eigenvalue weighted by atomic mass is 19.1. The Morgan fingerprint density at radius 1 is 0.611 bits per heavy atom.